The lowest BCUT2D eigenvalue weighted by atomic mass is 10.0. The Morgan fingerprint density at radius 2 is 1.84 bits per heavy atom. The van der Waals surface area contributed by atoms with E-state index in [9.17, 15) is 4.79 Å². The number of nitrogens with two attached hydrogens (primary N) is 1. The van der Waals surface area contributed by atoms with Gasteiger partial charge < -0.3 is 15.8 Å². The first-order valence-corrected chi connectivity index (χ1v) is 7.92. The second-order valence-electron chi connectivity index (χ2n) is 5.68. The molecule has 0 unspecified atom stereocenters. The molecule has 4 N–H and O–H groups in total. The van der Waals surface area contributed by atoms with Crippen LogP contribution in [0.15, 0.2) is 66.7 Å². The van der Waals surface area contributed by atoms with Crippen LogP contribution in [0.25, 0.3) is 10.8 Å². The third-order valence-electron chi connectivity index (χ3n) is 3.81. The van der Waals surface area contributed by atoms with Crippen LogP contribution in [0.1, 0.15) is 11.1 Å². The van der Waals surface area contributed by atoms with E-state index in [0.29, 0.717) is 17.9 Å². The van der Waals surface area contributed by atoms with Crippen molar-refractivity contribution >= 4 is 28.2 Å². The largest absolute Gasteiger partial charge is 0.384 e. The normalized spacial score (nSPS) is 10.6. The molecular formula is C20H19N3O2. The maximum atomic E-state index is 12.2. The van der Waals surface area contributed by atoms with Gasteiger partial charge in [-0.3, -0.25) is 10.2 Å². The molecule has 0 aliphatic carbocycles. The fraction of sp³-hybridized carbons (Fsp3) is 0.100. The van der Waals surface area contributed by atoms with Crippen molar-refractivity contribution in [3.8, 4) is 0 Å². The zero-order valence-corrected chi connectivity index (χ0v) is 13.7. The van der Waals surface area contributed by atoms with Crippen LogP contribution < -0.4 is 11.1 Å². The molecule has 3 aromatic rings. The minimum Gasteiger partial charge on any atom is -0.384 e. The Kier molecular flexibility index (Phi) is 5.06. The third kappa shape index (κ3) is 4.22. The molecule has 0 heterocycles. The summed E-state index contributed by atoms with van der Waals surface area (Å²) in [6, 6.07) is 20.8. The molecule has 0 aliphatic rings. The number of amidine groups is 1. The van der Waals surface area contributed by atoms with E-state index in [1.54, 1.807) is 12.1 Å². The smallest absolute Gasteiger partial charge is 0.250 e. The van der Waals surface area contributed by atoms with Crippen LogP contribution in [0.2, 0.25) is 0 Å². The zero-order valence-electron chi connectivity index (χ0n) is 13.7. The Bertz CT molecular complexity index is 907. The maximum absolute atomic E-state index is 12.2. The van der Waals surface area contributed by atoms with Crippen molar-refractivity contribution in [2.45, 2.75) is 6.61 Å². The highest BCUT2D eigenvalue weighted by Gasteiger charge is 2.08. The lowest BCUT2D eigenvalue weighted by Gasteiger charge is -2.10. The highest BCUT2D eigenvalue weighted by atomic mass is 16.5. The van der Waals surface area contributed by atoms with Gasteiger partial charge in [0.25, 0.3) is 0 Å². The van der Waals surface area contributed by atoms with Gasteiger partial charge in [-0.1, -0.05) is 54.6 Å². The predicted octanol–water partition coefficient (Wildman–Crippen LogP) is 3.28. The first-order chi connectivity index (χ1) is 12.1. The Morgan fingerprint density at radius 1 is 1.04 bits per heavy atom. The molecule has 5 nitrogen and oxygen atoms in total. The first kappa shape index (κ1) is 16.7. The summed E-state index contributed by atoms with van der Waals surface area (Å²) in [7, 11) is 0. The van der Waals surface area contributed by atoms with Gasteiger partial charge in [0, 0.05) is 16.6 Å². The molecule has 0 bridgehead atoms. The zero-order chi connectivity index (χ0) is 17.6. The molecule has 3 rings (SSSR count). The molecule has 25 heavy (non-hydrogen) atoms. The molecule has 0 aromatic heterocycles. The van der Waals surface area contributed by atoms with Crippen LogP contribution in [0.5, 0.6) is 0 Å². The number of carbonyl (C=O) groups is 1. The number of benzene rings is 3. The van der Waals surface area contributed by atoms with Gasteiger partial charge in [-0.25, -0.2) is 0 Å². The Labute approximate surface area is 145 Å². The van der Waals surface area contributed by atoms with Gasteiger partial charge in [-0.2, -0.15) is 0 Å². The number of nitrogen functional groups attached to an aromatic ring is 1. The van der Waals surface area contributed by atoms with Crippen LogP contribution >= 0.6 is 0 Å². The molecule has 0 saturated heterocycles. The fourth-order valence-electron chi connectivity index (χ4n) is 2.57. The van der Waals surface area contributed by atoms with Crippen molar-refractivity contribution in [3.63, 3.8) is 0 Å². The maximum Gasteiger partial charge on any atom is 0.250 e. The Hall–Kier alpha value is -3.18. The van der Waals surface area contributed by atoms with Gasteiger partial charge in [0.2, 0.25) is 5.91 Å². The van der Waals surface area contributed by atoms with Gasteiger partial charge >= 0.3 is 0 Å². The van der Waals surface area contributed by atoms with E-state index in [0.717, 1.165) is 16.3 Å². The molecule has 0 atom stereocenters. The monoisotopic (exact) mass is 333 g/mol. The topological polar surface area (TPSA) is 88.2 Å². The summed E-state index contributed by atoms with van der Waals surface area (Å²) < 4.78 is 5.46. The van der Waals surface area contributed by atoms with E-state index >= 15 is 0 Å². The minimum absolute atomic E-state index is 0.00535. The van der Waals surface area contributed by atoms with Crippen LogP contribution in [0.4, 0.5) is 5.69 Å². The summed E-state index contributed by atoms with van der Waals surface area (Å²) in [6.07, 6.45) is 0. The molecule has 126 valence electrons. The standard InChI is InChI=1S/C20H19N3O2/c21-20(22)16-10-9-15-7-4-8-18(17(15)11-16)23-19(24)13-25-12-14-5-2-1-3-6-14/h1-11H,12-13H2,(H3,21,22)(H,23,24). The van der Waals surface area contributed by atoms with Crippen LogP contribution in [-0.4, -0.2) is 18.3 Å². The Morgan fingerprint density at radius 3 is 2.60 bits per heavy atom. The molecule has 0 radical (unpaired) electrons. The van der Waals surface area contributed by atoms with E-state index in [1.165, 1.54) is 0 Å². The molecule has 1 amide bonds. The van der Waals surface area contributed by atoms with E-state index in [4.69, 9.17) is 15.9 Å². The van der Waals surface area contributed by atoms with Crippen LogP contribution in [0, 0.1) is 5.41 Å². The van der Waals surface area contributed by atoms with Gasteiger partial charge in [-0.05, 0) is 23.1 Å². The summed E-state index contributed by atoms with van der Waals surface area (Å²) in [5.74, 6) is -0.231. The number of fused-ring (bicyclic) bond motifs is 1. The molecular weight excluding hydrogens is 314 g/mol. The van der Waals surface area contributed by atoms with Gasteiger partial charge in [0.05, 0.1) is 6.61 Å². The molecule has 0 fully saturated rings. The average Bonchev–Trinajstić information content (AvgIpc) is 2.62. The van der Waals surface area contributed by atoms with Crippen molar-refractivity contribution in [1.29, 1.82) is 5.41 Å². The van der Waals surface area contributed by atoms with Gasteiger partial charge in [0.15, 0.2) is 0 Å². The molecule has 0 spiro atoms. The van der Waals surface area contributed by atoms with E-state index in [-0.39, 0.29) is 18.3 Å². The molecule has 0 aliphatic heterocycles. The average molecular weight is 333 g/mol. The lowest BCUT2D eigenvalue weighted by molar-refractivity contribution is -0.121. The SMILES string of the molecule is N=C(N)c1ccc2cccc(NC(=O)COCc3ccccc3)c2c1. The summed E-state index contributed by atoms with van der Waals surface area (Å²) >= 11 is 0. The van der Waals surface area contributed by atoms with E-state index in [2.05, 4.69) is 5.32 Å². The predicted molar refractivity (Wildman–Crippen MR) is 99.7 cm³/mol. The number of rotatable bonds is 6. The van der Waals surface area contributed by atoms with Crippen molar-refractivity contribution in [3.05, 3.63) is 77.9 Å². The molecule has 3 aromatic carbocycles. The van der Waals surface area contributed by atoms with Crippen molar-refractivity contribution < 1.29 is 9.53 Å². The van der Waals surface area contributed by atoms with E-state index < -0.39 is 0 Å². The number of anilines is 1. The highest BCUT2D eigenvalue weighted by molar-refractivity contribution is 6.06. The number of ether oxygens (including phenoxy) is 1. The molecule has 0 saturated carbocycles. The van der Waals surface area contributed by atoms with Crippen molar-refractivity contribution in [1.82, 2.24) is 0 Å². The number of nitrogens with one attached hydrogen (secondary N) is 2. The lowest BCUT2D eigenvalue weighted by Crippen LogP contribution is -2.18. The first-order valence-electron chi connectivity index (χ1n) is 7.92. The minimum atomic E-state index is -0.225. The van der Waals surface area contributed by atoms with Crippen molar-refractivity contribution in [2.75, 3.05) is 11.9 Å². The summed E-state index contributed by atoms with van der Waals surface area (Å²) in [5, 5.41) is 12.2. The summed E-state index contributed by atoms with van der Waals surface area (Å²) in [4.78, 5) is 12.2. The second-order valence-corrected chi connectivity index (χ2v) is 5.68. The van der Waals surface area contributed by atoms with E-state index in [1.807, 2.05) is 54.6 Å². The second kappa shape index (κ2) is 7.59. The quantitative estimate of drug-likeness (QED) is 0.478. The molecule has 5 heteroatoms. The number of carbonyl (C=O) groups excluding carboxylic acids is 1. The number of hydrogen-bond donors (Lipinski definition) is 3. The number of amides is 1. The summed E-state index contributed by atoms with van der Waals surface area (Å²) in [5.41, 5.74) is 7.87. The van der Waals surface area contributed by atoms with Gasteiger partial charge in [0.1, 0.15) is 12.4 Å². The summed E-state index contributed by atoms with van der Waals surface area (Å²) in [6.45, 7) is 0.357. The number of hydrogen-bond acceptors (Lipinski definition) is 3. The highest BCUT2D eigenvalue weighted by Crippen LogP contribution is 2.24. The van der Waals surface area contributed by atoms with Crippen LogP contribution in [-0.2, 0) is 16.1 Å². The van der Waals surface area contributed by atoms with Crippen LogP contribution in [0.3, 0.4) is 0 Å². The van der Waals surface area contributed by atoms with Gasteiger partial charge in [-0.15, -0.1) is 0 Å². The Balaban J connectivity index is 1.68. The third-order valence-corrected chi connectivity index (χ3v) is 3.81. The fourth-order valence-corrected chi connectivity index (χ4v) is 2.57. The van der Waals surface area contributed by atoms with Crippen molar-refractivity contribution in [2.24, 2.45) is 5.73 Å².